The molecular formula is C24H28FN5O2. The van der Waals surface area contributed by atoms with Gasteiger partial charge in [-0.2, -0.15) is 5.10 Å². The van der Waals surface area contributed by atoms with Crippen LogP contribution in [0.1, 0.15) is 54.2 Å². The number of nitrogens with zero attached hydrogens (tertiary/aromatic N) is 3. The molecule has 3 amide bonds. The zero-order valence-electron chi connectivity index (χ0n) is 17.9. The molecule has 2 aromatic rings. The maximum Gasteiger partial charge on any atom is 0.315 e. The molecule has 4 fully saturated rings. The normalized spacial score (nSPS) is 32.7. The Morgan fingerprint density at radius 3 is 2.28 bits per heavy atom. The Kier molecular flexibility index (Phi) is 4.35. The molecule has 4 aliphatic carbocycles. The van der Waals surface area contributed by atoms with E-state index in [0.29, 0.717) is 47.4 Å². The number of hydrogen-bond acceptors (Lipinski definition) is 3. The van der Waals surface area contributed by atoms with Crippen LogP contribution in [0.25, 0.3) is 11.3 Å². The number of halogens is 1. The smallest absolute Gasteiger partial charge is 0.315 e. The SMILES string of the molecule is NC(=O)c1c(-c2cccc(F)c2)nn2c1C(C1C3CC4CC(C3)CC1C4)N(C(N)=O)CC2. The summed E-state index contributed by atoms with van der Waals surface area (Å²) in [6, 6.07) is 5.25. The number of amides is 3. The molecule has 4 N–H and O–H groups in total. The Labute approximate surface area is 185 Å². The first kappa shape index (κ1) is 19.8. The van der Waals surface area contributed by atoms with Gasteiger partial charge in [0.25, 0.3) is 5.91 Å². The number of urea groups is 1. The van der Waals surface area contributed by atoms with Gasteiger partial charge >= 0.3 is 6.03 Å². The topological polar surface area (TPSA) is 107 Å². The molecule has 1 aromatic heterocycles. The minimum Gasteiger partial charge on any atom is -0.365 e. The highest BCUT2D eigenvalue weighted by atomic mass is 19.1. The lowest BCUT2D eigenvalue weighted by Gasteiger charge is -2.58. The van der Waals surface area contributed by atoms with Crippen molar-refractivity contribution in [3.63, 3.8) is 0 Å². The fraction of sp³-hybridized carbons (Fsp3) is 0.542. The summed E-state index contributed by atoms with van der Waals surface area (Å²) in [4.78, 5) is 27.1. The number of nitrogens with two attached hydrogens (primary N) is 2. The average Bonchev–Trinajstić information content (AvgIpc) is 3.13. The molecule has 0 radical (unpaired) electrons. The number of fused-ring (bicyclic) bond motifs is 1. The molecule has 8 heteroatoms. The molecule has 0 spiro atoms. The van der Waals surface area contributed by atoms with Gasteiger partial charge in [-0.05, 0) is 73.8 Å². The summed E-state index contributed by atoms with van der Waals surface area (Å²) in [6.45, 7) is 0.871. The van der Waals surface area contributed by atoms with Gasteiger partial charge in [-0.3, -0.25) is 9.48 Å². The van der Waals surface area contributed by atoms with Crippen LogP contribution in [0, 0.1) is 35.4 Å². The number of carbonyl (C=O) groups excluding carboxylic acids is 2. The van der Waals surface area contributed by atoms with Crippen LogP contribution in [0.4, 0.5) is 9.18 Å². The monoisotopic (exact) mass is 437 g/mol. The molecule has 0 saturated heterocycles. The molecule has 2 heterocycles. The summed E-state index contributed by atoms with van der Waals surface area (Å²) in [6.07, 6.45) is 6.04. The first-order chi connectivity index (χ1) is 15.4. The van der Waals surface area contributed by atoms with E-state index in [2.05, 4.69) is 0 Å². The molecule has 32 heavy (non-hydrogen) atoms. The summed E-state index contributed by atoms with van der Waals surface area (Å²) in [5.41, 5.74) is 13.6. The van der Waals surface area contributed by atoms with Gasteiger partial charge in [0.1, 0.15) is 11.5 Å². The number of primary amides is 2. The Bertz CT molecular complexity index is 1080. The van der Waals surface area contributed by atoms with Gasteiger partial charge in [-0.1, -0.05) is 12.1 Å². The van der Waals surface area contributed by atoms with Crippen LogP contribution in [0.3, 0.4) is 0 Å². The van der Waals surface area contributed by atoms with Crippen molar-refractivity contribution in [1.82, 2.24) is 14.7 Å². The molecule has 1 aromatic carbocycles. The van der Waals surface area contributed by atoms with Crippen molar-refractivity contribution in [3.05, 3.63) is 41.3 Å². The van der Waals surface area contributed by atoms with Crippen LogP contribution in [-0.2, 0) is 6.54 Å². The van der Waals surface area contributed by atoms with Crippen molar-refractivity contribution in [2.75, 3.05) is 6.54 Å². The highest BCUT2D eigenvalue weighted by molar-refractivity contribution is 6.00. The van der Waals surface area contributed by atoms with Crippen LogP contribution >= 0.6 is 0 Å². The Morgan fingerprint density at radius 2 is 1.69 bits per heavy atom. The molecule has 7 rings (SSSR count). The van der Waals surface area contributed by atoms with Gasteiger partial charge in [-0.25, -0.2) is 9.18 Å². The fourth-order valence-electron chi connectivity index (χ4n) is 7.64. The largest absolute Gasteiger partial charge is 0.365 e. The first-order valence-corrected chi connectivity index (χ1v) is 11.6. The average molecular weight is 438 g/mol. The lowest BCUT2D eigenvalue weighted by molar-refractivity contribution is -0.0735. The fourth-order valence-corrected chi connectivity index (χ4v) is 7.64. The second-order valence-corrected chi connectivity index (χ2v) is 10.2. The second-order valence-electron chi connectivity index (χ2n) is 10.2. The Morgan fingerprint density at radius 1 is 1.00 bits per heavy atom. The Hall–Kier alpha value is -2.90. The molecule has 5 aliphatic rings. The summed E-state index contributed by atoms with van der Waals surface area (Å²) in [5, 5.41) is 4.71. The molecule has 7 nitrogen and oxygen atoms in total. The molecule has 1 aliphatic heterocycles. The van der Waals surface area contributed by atoms with E-state index in [-0.39, 0.29) is 12.0 Å². The van der Waals surface area contributed by atoms with Gasteiger partial charge in [-0.15, -0.1) is 0 Å². The predicted octanol–water partition coefficient (Wildman–Crippen LogP) is 3.30. The van der Waals surface area contributed by atoms with Gasteiger partial charge in [0.05, 0.1) is 23.8 Å². The van der Waals surface area contributed by atoms with Crippen LogP contribution in [0.5, 0.6) is 0 Å². The zero-order valence-corrected chi connectivity index (χ0v) is 17.9. The number of benzene rings is 1. The van der Waals surface area contributed by atoms with Crippen LogP contribution in [0.2, 0.25) is 0 Å². The minimum atomic E-state index is -0.606. The van der Waals surface area contributed by atoms with Crippen molar-refractivity contribution < 1.29 is 14.0 Å². The Balaban J connectivity index is 1.52. The quantitative estimate of drug-likeness (QED) is 0.769. The van der Waals surface area contributed by atoms with E-state index in [1.54, 1.807) is 17.0 Å². The van der Waals surface area contributed by atoms with Crippen LogP contribution in [-0.4, -0.2) is 33.2 Å². The van der Waals surface area contributed by atoms with Gasteiger partial charge in [0.2, 0.25) is 0 Å². The third-order valence-electron chi connectivity index (χ3n) is 8.45. The molecule has 4 bridgehead atoms. The first-order valence-electron chi connectivity index (χ1n) is 11.6. The van der Waals surface area contributed by atoms with Gasteiger partial charge in [0.15, 0.2) is 0 Å². The number of hydrogen-bond donors (Lipinski definition) is 2. The molecule has 1 unspecified atom stereocenters. The lowest BCUT2D eigenvalue weighted by atomic mass is 9.50. The van der Waals surface area contributed by atoms with E-state index in [1.807, 2.05) is 4.68 Å². The van der Waals surface area contributed by atoms with Crippen molar-refractivity contribution in [1.29, 1.82) is 0 Å². The van der Waals surface area contributed by atoms with E-state index in [1.165, 1.54) is 44.2 Å². The van der Waals surface area contributed by atoms with Crippen LogP contribution < -0.4 is 11.5 Å². The van der Waals surface area contributed by atoms with Crippen molar-refractivity contribution in [2.45, 2.75) is 44.7 Å². The second kappa shape index (κ2) is 7.05. The van der Waals surface area contributed by atoms with Gasteiger partial charge in [0, 0.05) is 12.1 Å². The van der Waals surface area contributed by atoms with E-state index < -0.39 is 17.8 Å². The molecule has 1 atom stereocenters. The zero-order chi connectivity index (χ0) is 22.1. The van der Waals surface area contributed by atoms with E-state index in [9.17, 15) is 14.0 Å². The van der Waals surface area contributed by atoms with Crippen molar-refractivity contribution in [3.8, 4) is 11.3 Å². The summed E-state index contributed by atoms with van der Waals surface area (Å²) in [5.74, 6) is 1.82. The maximum atomic E-state index is 14.0. The molecule has 4 saturated carbocycles. The van der Waals surface area contributed by atoms with Crippen molar-refractivity contribution >= 4 is 11.9 Å². The number of rotatable bonds is 3. The predicted molar refractivity (Wildman–Crippen MR) is 116 cm³/mol. The maximum absolute atomic E-state index is 14.0. The highest BCUT2D eigenvalue weighted by Gasteiger charge is 2.54. The minimum absolute atomic E-state index is 0.240. The van der Waals surface area contributed by atoms with E-state index >= 15 is 0 Å². The standard InChI is InChI=1S/C24H28FN5O2/c25-17-3-1-2-14(11-17)20-19(23(26)31)22-21(29(24(27)32)4-5-30(22)28-20)18-15-7-12-6-13(9-15)10-16(18)8-12/h1-3,11-13,15-16,18,21H,4-10H2,(H2,26,31)(H2,27,32). The lowest BCUT2D eigenvalue weighted by Crippen LogP contribution is -2.55. The summed E-state index contributed by atoms with van der Waals surface area (Å²) < 4.78 is 15.8. The van der Waals surface area contributed by atoms with E-state index in [0.717, 1.165) is 11.8 Å². The molecular weight excluding hydrogens is 409 g/mol. The number of aromatic nitrogens is 2. The van der Waals surface area contributed by atoms with Gasteiger partial charge < -0.3 is 16.4 Å². The third-order valence-corrected chi connectivity index (χ3v) is 8.45. The van der Waals surface area contributed by atoms with Crippen LogP contribution in [0.15, 0.2) is 24.3 Å². The summed E-state index contributed by atoms with van der Waals surface area (Å²) in [7, 11) is 0. The van der Waals surface area contributed by atoms with Crippen molar-refractivity contribution in [2.24, 2.45) is 41.1 Å². The van der Waals surface area contributed by atoms with E-state index in [4.69, 9.17) is 16.6 Å². The summed E-state index contributed by atoms with van der Waals surface area (Å²) >= 11 is 0. The number of carbonyl (C=O) groups is 2. The highest BCUT2D eigenvalue weighted by Crippen LogP contribution is 2.61. The third kappa shape index (κ3) is 2.88. The molecule has 168 valence electrons.